The van der Waals surface area contributed by atoms with Gasteiger partial charge < -0.3 is 14.8 Å². The Balaban J connectivity index is 1.54. The molecule has 1 N–H and O–H groups in total. The van der Waals surface area contributed by atoms with E-state index in [0.717, 1.165) is 18.7 Å². The van der Waals surface area contributed by atoms with Crippen LogP contribution in [0.15, 0.2) is 35.5 Å². The molecule has 1 aliphatic rings. The molecule has 9 heteroatoms. The van der Waals surface area contributed by atoms with Crippen LogP contribution in [0, 0.1) is 12.8 Å². The van der Waals surface area contributed by atoms with Crippen molar-refractivity contribution >= 4 is 21.6 Å². The number of carbonyl (C=O) groups is 1. The summed E-state index contributed by atoms with van der Waals surface area (Å²) in [6, 6.07) is 7.91. The Kier molecular flexibility index (Phi) is 6.95. The Morgan fingerprint density at radius 1 is 1.20 bits per heavy atom. The van der Waals surface area contributed by atoms with E-state index in [-0.39, 0.29) is 16.9 Å². The number of likely N-dealkylation sites (N-methyl/N-ethyl adjacent to an activating group) is 1. The Bertz CT molecular complexity index is 955. The fraction of sp³-hybridized carbons (Fsp3) is 0.524. The van der Waals surface area contributed by atoms with E-state index in [4.69, 9.17) is 0 Å². The number of aromatic nitrogens is 2. The van der Waals surface area contributed by atoms with Gasteiger partial charge in [0, 0.05) is 44.5 Å². The molecule has 164 valence electrons. The molecule has 8 nitrogen and oxygen atoms in total. The molecule has 3 rings (SSSR count). The molecule has 2 aromatic rings. The third kappa shape index (κ3) is 5.27. The van der Waals surface area contributed by atoms with Gasteiger partial charge in [0.05, 0.1) is 0 Å². The van der Waals surface area contributed by atoms with Crippen LogP contribution in [-0.4, -0.2) is 66.8 Å². The van der Waals surface area contributed by atoms with Crippen molar-refractivity contribution in [3.05, 3.63) is 41.9 Å². The van der Waals surface area contributed by atoms with Crippen LogP contribution in [0.5, 0.6) is 0 Å². The molecule has 0 radical (unpaired) electrons. The summed E-state index contributed by atoms with van der Waals surface area (Å²) in [6.45, 7) is 3.38. The number of sulfonamides is 1. The SMILES string of the molecule is Cc1nc(S(=O)(=O)N2CCC(C(=O)Nc3ccc(CCN(C)C)cc3)CC2)cn1C. The lowest BCUT2D eigenvalue weighted by atomic mass is 9.97. The first kappa shape index (κ1) is 22.5. The van der Waals surface area contributed by atoms with E-state index in [9.17, 15) is 13.2 Å². The second kappa shape index (κ2) is 9.28. The zero-order valence-corrected chi connectivity index (χ0v) is 18.9. The molecule has 0 unspecified atom stereocenters. The minimum Gasteiger partial charge on any atom is -0.337 e. The van der Waals surface area contributed by atoms with Crippen molar-refractivity contribution in [1.82, 2.24) is 18.8 Å². The lowest BCUT2D eigenvalue weighted by Gasteiger charge is -2.29. The quantitative estimate of drug-likeness (QED) is 0.720. The molecule has 1 fully saturated rings. The number of nitrogens with zero attached hydrogens (tertiary/aromatic N) is 4. The van der Waals surface area contributed by atoms with Crippen molar-refractivity contribution in [2.45, 2.75) is 31.2 Å². The first-order chi connectivity index (χ1) is 14.2. The summed E-state index contributed by atoms with van der Waals surface area (Å²) in [4.78, 5) is 18.9. The zero-order valence-electron chi connectivity index (χ0n) is 18.1. The number of aryl methyl sites for hydroxylation is 2. The highest BCUT2D eigenvalue weighted by atomic mass is 32.2. The Labute approximate surface area is 178 Å². The number of anilines is 1. The summed E-state index contributed by atoms with van der Waals surface area (Å²) in [7, 11) is 2.24. The molecule has 0 spiro atoms. The Hall–Kier alpha value is -2.23. The van der Waals surface area contributed by atoms with Crippen LogP contribution < -0.4 is 5.32 Å². The van der Waals surface area contributed by atoms with E-state index in [2.05, 4.69) is 15.2 Å². The van der Waals surface area contributed by atoms with Crippen molar-refractivity contribution in [3.8, 4) is 0 Å². The summed E-state index contributed by atoms with van der Waals surface area (Å²) in [6.07, 6.45) is 3.49. The minimum atomic E-state index is -3.62. The largest absolute Gasteiger partial charge is 0.337 e. The van der Waals surface area contributed by atoms with Crippen LogP contribution in [0.2, 0.25) is 0 Å². The molecule has 1 amide bonds. The number of imidazole rings is 1. The molecule has 0 aliphatic carbocycles. The summed E-state index contributed by atoms with van der Waals surface area (Å²) < 4.78 is 28.7. The van der Waals surface area contributed by atoms with Crippen LogP contribution in [0.3, 0.4) is 0 Å². The average Bonchev–Trinajstić information content (AvgIpc) is 3.07. The third-order valence-electron chi connectivity index (χ3n) is 5.58. The van der Waals surface area contributed by atoms with Gasteiger partial charge in [-0.15, -0.1) is 0 Å². The highest BCUT2D eigenvalue weighted by Gasteiger charge is 2.33. The van der Waals surface area contributed by atoms with Gasteiger partial charge in [-0.05, 0) is 58.0 Å². The van der Waals surface area contributed by atoms with Crippen LogP contribution in [-0.2, 0) is 28.3 Å². The van der Waals surface area contributed by atoms with Gasteiger partial charge in [0.25, 0.3) is 10.0 Å². The van der Waals surface area contributed by atoms with Crippen LogP contribution >= 0.6 is 0 Å². The first-order valence-electron chi connectivity index (χ1n) is 10.2. The van der Waals surface area contributed by atoms with E-state index in [1.807, 2.05) is 38.4 Å². The van der Waals surface area contributed by atoms with Crippen molar-refractivity contribution in [2.24, 2.45) is 13.0 Å². The second-order valence-electron chi connectivity index (χ2n) is 8.16. The molecule has 30 heavy (non-hydrogen) atoms. The lowest BCUT2D eigenvalue weighted by Crippen LogP contribution is -2.41. The maximum absolute atomic E-state index is 12.8. The monoisotopic (exact) mass is 433 g/mol. The van der Waals surface area contributed by atoms with Crippen molar-refractivity contribution < 1.29 is 13.2 Å². The van der Waals surface area contributed by atoms with Crippen LogP contribution in [0.1, 0.15) is 24.2 Å². The summed E-state index contributed by atoms with van der Waals surface area (Å²) in [5.74, 6) is 0.396. The number of benzene rings is 1. The van der Waals surface area contributed by atoms with Gasteiger partial charge in [0.2, 0.25) is 5.91 Å². The highest BCUT2D eigenvalue weighted by Crippen LogP contribution is 2.24. The van der Waals surface area contributed by atoms with Crippen molar-refractivity contribution in [2.75, 3.05) is 39.0 Å². The number of hydrogen-bond donors (Lipinski definition) is 1. The summed E-state index contributed by atoms with van der Waals surface area (Å²) in [5, 5.41) is 3.04. The standard InChI is InChI=1S/C21H31N5O3S/c1-16-22-20(15-25(16)4)30(28,29)26-13-10-18(11-14-26)21(27)23-19-7-5-17(6-8-19)9-12-24(2)3/h5-8,15,18H,9-14H2,1-4H3,(H,23,27). The van der Waals surface area contributed by atoms with Crippen molar-refractivity contribution in [1.29, 1.82) is 0 Å². The zero-order chi connectivity index (χ0) is 21.9. The van der Waals surface area contributed by atoms with E-state index in [0.29, 0.717) is 31.8 Å². The van der Waals surface area contributed by atoms with Crippen LogP contribution in [0.4, 0.5) is 5.69 Å². The van der Waals surface area contributed by atoms with E-state index >= 15 is 0 Å². The number of hydrogen-bond acceptors (Lipinski definition) is 5. The predicted octanol–water partition coefficient (Wildman–Crippen LogP) is 1.87. The van der Waals surface area contributed by atoms with E-state index in [1.165, 1.54) is 16.1 Å². The topological polar surface area (TPSA) is 87.5 Å². The maximum atomic E-state index is 12.8. The smallest absolute Gasteiger partial charge is 0.262 e. The summed E-state index contributed by atoms with van der Waals surface area (Å²) >= 11 is 0. The Morgan fingerprint density at radius 3 is 2.37 bits per heavy atom. The van der Waals surface area contributed by atoms with Crippen LogP contribution in [0.25, 0.3) is 0 Å². The van der Waals surface area contributed by atoms with Gasteiger partial charge in [0.15, 0.2) is 5.03 Å². The molecular weight excluding hydrogens is 402 g/mol. The summed E-state index contributed by atoms with van der Waals surface area (Å²) in [5.41, 5.74) is 2.00. The fourth-order valence-electron chi connectivity index (χ4n) is 3.49. The molecule has 1 aliphatic heterocycles. The van der Waals surface area contributed by atoms with E-state index in [1.54, 1.807) is 18.5 Å². The highest BCUT2D eigenvalue weighted by molar-refractivity contribution is 7.89. The number of amides is 1. The molecule has 2 heterocycles. The molecule has 0 saturated carbocycles. The second-order valence-corrected chi connectivity index (χ2v) is 10.0. The molecule has 0 bridgehead atoms. The minimum absolute atomic E-state index is 0.0539. The molecule has 1 aromatic carbocycles. The van der Waals surface area contributed by atoms with Gasteiger partial charge >= 0.3 is 0 Å². The van der Waals surface area contributed by atoms with Crippen molar-refractivity contribution in [3.63, 3.8) is 0 Å². The van der Waals surface area contributed by atoms with Gasteiger partial charge in [-0.25, -0.2) is 13.4 Å². The average molecular weight is 434 g/mol. The van der Waals surface area contributed by atoms with E-state index < -0.39 is 10.0 Å². The van der Waals surface area contributed by atoms with Gasteiger partial charge in [-0.2, -0.15) is 4.31 Å². The van der Waals surface area contributed by atoms with Gasteiger partial charge in [-0.1, -0.05) is 12.1 Å². The van der Waals surface area contributed by atoms with Gasteiger partial charge in [0.1, 0.15) is 5.82 Å². The number of nitrogens with one attached hydrogen (secondary N) is 1. The molecule has 1 aromatic heterocycles. The Morgan fingerprint density at radius 2 is 1.83 bits per heavy atom. The molecular formula is C21H31N5O3S. The maximum Gasteiger partial charge on any atom is 0.262 e. The number of piperidine rings is 1. The third-order valence-corrected chi connectivity index (χ3v) is 7.35. The molecule has 0 atom stereocenters. The fourth-order valence-corrected chi connectivity index (χ4v) is 4.99. The number of rotatable bonds is 7. The lowest BCUT2D eigenvalue weighted by molar-refractivity contribution is -0.120. The molecule has 1 saturated heterocycles. The predicted molar refractivity (Wildman–Crippen MR) is 117 cm³/mol. The number of carbonyl (C=O) groups excluding carboxylic acids is 1. The normalized spacial score (nSPS) is 16.2. The first-order valence-corrected chi connectivity index (χ1v) is 11.7. The van der Waals surface area contributed by atoms with Gasteiger partial charge in [-0.3, -0.25) is 4.79 Å².